The fourth-order valence-corrected chi connectivity index (χ4v) is 2.32. The first-order valence-corrected chi connectivity index (χ1v) is 6.70. The minimum absolute atomic E-state index is 0.764. The number of hydrogen-bond acceptors (Lipinski definition) is 2. The fraction of sp³-hybridized carbons (Fsp3) is 1.00. The molecule has 1 atom stereocenters. The van der Waals surface area contributed by atoms with Gasteiger partial charge < -0.3 is 5.32 Å². The highest BCUT2D eigenvalue weighted by Gasteiger charge is 2.26. The third-order valence-electron chi connectivity index (χ3n) is 3.28. The quantitative estimate of drug-likeness (QED) is 0.632. The van der Waals surface area contributed by atoms with Gasteiger partial charge in [0.1, 0.15) is 0 Å². The van der Waals surface area contributed by atoms with Gasteiger partial charge in [-0.2, -0.15) is 0 Å². The summed E-state index contributed by atoms with van der Waals surface area (Å²) in [7, 11) is 2.07. The van der Waals surface area contributed by atoms with Crippen molar-refractivity contribution >= 4 is 0 Å². The van der Waals surface area contributed by atoms with Gasteiger partial charge in [0, 0.05) is 19.1 Å². The first-order valence-electron chi connectivity index (χ1n) is 6.70. The molecule has 0 radical (unpaired) electrons. The molecule has 90 valence electrons. The van der Waals surface area contributed by atoms with Gasteiger partial charge in [-0.3, -0.25) is 4.90 Å². The topological polar surface area (TPSA) is 15.3 Å². The van der Waals surface area contributed by atoms with E-state index in [1.165, 1.54) is 45.2 Å². The lowest BCUT2D eigenvalue weighted by molar-refractivity contribution is 0.176. The van der Waals surface area contributed by atoms with E-state index in [1.807, 2.05) is 0 Å². The maximum Gasteiger partial charge on any atom is 0.0220 e. The van der Waals surface area contributed by atoms with Crippen LogP contribution in [0.5, 0.6) is 0 Å². The summed E-state index contributed by atoms with van der Waals surface area (Å²) in [4.78, 5) is 2.72. The molecular weight excluding hydrogens is 184 g/mol. The van der Waals surface area contributed by atoms with Gasteiger partial charge in [0.15, 0.2) is 0 Å². The van der Waals surface area contributed by atoms with E-state index in [1.54, 1.807) is 0 Å². The summed E-state index contributed by atoms with van der Waals surface area (Å²) in [6.07, 6.45) is 6.87. The van der Waals surface area contributed by atoms with E-state index in [0.29, 0.717) is 0 Å². The van der Waals surface area contributed by atoms with Crippen molar-refractivity contribution in [2.75, 3.05) is 26.7 Å². The van der Waals surface area contributed by atoms with Crippen LogP contribution in [0.1, 0.15) is 46.0 Å². The Morgan fingerprint density at radius 3 is 2.47 bits per heavy atom. The Morgan fingerprint density at radius 1 is 1.27 bits per heavy atom. The maximum absolute atomic E-state index is 3.34. The highest BCUT2D eigenvalue weighted by molar-refractivity contribution is 4.81. The molecule has 1 saturated carbocycles. The zero-order valence-corrected chi connectivity index (χ0v) is 10.8. The highest BCUT2D eigenvalue weighted by Crippen LogP contribution is 2.30. The smallest absolute Gasteiger partial charge is 0.0220 e. The number of nitrogens with zero attached hydrogens (tertiary/aromatic N) is 1. The monoisotopic (exact) mass is 212 g/mol. The standard InChI is InChI=1S/C13H28N2/c1-4-6-13(10-14-3)15(9-5-2)11-12-7-8-12/h12-14H,4-11H2,1-3H3. The minimum Gasteiger partial charge on any atom is -0.318 e. The molecule has 0 spiro atoms. The van der Waals surface area contributed by atoms with Crippen molar-refractivity contribution in [3.05, 3.63) is 0 Å². The normalized spacial score (nSPS) is 18.4. The van der Waals surface area contributed by atoms with Crippen LogP contribution >= 0.6 is 0 Å². The molecule has 1 rings (SSSR count). The van der Waals surface area contributed by atoms with Crippen molar-refractivity contribution in [1.29, 1.82) is 0 Å². The van der Waals surface area contributed by atoms with Gasteiger partial charge in [-0.15, -0.1) is 0 Å². The molecule has 1 unspecified atom stereocenters. The molecule has 1 fully saturated rings. The molecule has 0 heterocycles. The Morgan fingerprint density at radius 2 is 2.00 bits per heavy atom. The van der Waals surface area contributed by atoms with E-state index < -0.39 is 0 Å². The average Bonchev–Trinajstić information content (AvgIpc) is 3.01. The van der Waals surface area contributed by atoms with Crippen LogP contribution in [0.25, 0.3) is 0 Å². The first kappa shape index (κ1) is 13.0. The molecule has 1 aliphatic carbocycles. The Hall–Kier alpha value is -0.0800. The summed E-state index contributed by atoms with van der Waals surface area (Å²) >= 11 is 0. The van der Waals surface area contributed by atoms with Gasteiger partial charge in [0.25, 0.3) is 0 Å². The lowest BCUT2D eigenvalue weighted by Gasteiger charge is -2.31. The second-order valence-corrected chi connectivity index (χ2v) is 4.94. The van der Waals surface area contributed by atoms with Crippen LogP contribution in [0.4, 0.5) is 0 Å². The zero-order valence-electron chi connectivity index (χ0n) is 10.8. The van der Waals surface area contributed by atoms with E-state index in [9.17, 15) is 0 Å². The SMILES string of the molecule is CCCC(CNC)N(CCC)CC1CC1. The Bertz CT molecular complexity index is 149. The van der Waals surface area contributed by atoms with E-state index >= 15 is 0 Å². The summed E-state index contributed by atoms with van der Waals surface area (Å²) in [6, 6.07) is 0.764. The third-order valence-corrected chi connectivity index (χ3v) is 3.28. The van der Waals surface area contributed by atoms with E-state index in [0.717, 1.165) is 18.5 Å². The third kappa shape index (κ3) is 4.98. The largest absolute Gasteiger partial charge is 0.318 e. The van der Waals surface area contributed by atoms with Gasteiger partial charge in [-0.1, -0.05) is 20.3 Å². The van der Waals surface area contributed by atoms with Crippen LogP contribution in [0.3, 0.4) is 0 Å². The molecular formula is C13H28N2. The Labute approximate surface area is 95.4 Å². The van der Waals surface area contributed by atoms with Crippen molar-refractivity contribution in [2.45, 2.75) is 52.0 Å². The number of nitrogens with one attached hydrogen (secondary N) is 1. The number of rotatable bonds is 9. The number of likely N-dealkylation sites (N-methyl/N-ethyl adjacent to an activating group) is 1. The molecule has 0 bridgehead atoms. The van der Waals surface area contributed by atoms with E-state index in [-0.39, 0.29) is 0 Å². The van der Waals surface area contributed by atoms with Crippen LogP contribution in [0.2, 0.25) is 0 Å². The van der Waals surface area contributed by atoms with Gasteiger partial charge in [0.2, 0.25) is 0 Å². The Balaban J connectivity index is 2.38. The van der Waals surface area contributed by atoms with Crippen LogP contribution in [0.15, 0.2) is 0 Å². The van der Waals surface area contributed by atoms with Crippen molar-refractivity contribution in [3.8, 4) is 0 Å². The van der Waals surface area contributed by atoms with Crippen molar-refractivity contribution < 1.29 is 0 Å². The van der Waals surface area contributed by atoms with Crippen LogP contribution in [-0.4, -0.2) is 37.6 Å². The van der Waals surface area contributed by atoms with Gasteiger partial charge in [-0.05, 0) is 45.2 Å². The van der Waals surface area contributed by atoms with Crippen LogP contribution in [-0.2, 0) is 0 Å². The molecule has 0 saturated heterocycles. The lowest BCUT2D eigenvalue weighted by atomic mass is 10.1. The van der Waals surface area contributed by atoms with Gasteiger partial charge in [0.05, 0.1) is 0 Å². The average molecular weight is 212 g/mol. The molecule has 0 aromatic heterocycles. The van der Waals surface area contributed by atoms with E-state index in [4.69, 9.17) is 0 Å². The molecule has 15 heavy (non-hydrogen) atoms. The second kappa shape index (κ2) is 7.24. The highest BCUT2D eigenvalue weighted by atomic mass is 15.2. The molecule has 0 amide bonds. The molecule has 2 nitrogen and oxygen atoms in total. The molecule has 1 aliphatic rings. The van der Waals surface area contributed by atoms with Crippen LogP contribution < -0.4 is 5.32 Å². The second-order valence-electron chi connectivity index (χ2n) is 4.94. The summed E-state index contributed by atoms with van der Waals surface area (Å²) in [5, 5.41) is 3.34. The summed E-state index contributed by atoms with van der Waals surface area (Å²) < 4.78 is 0. The van der Waals surface area contributed by atoms with Crippen molar-refractivity contribution in [1.82, 2.24) is 10.2 Å². The van der Waals surface area contributed by atoms with Crippen molar-refractivity contribution in [2.24, 2.45) is 5.92 Å². The molecule has 0 aromatic carbocycles. The molecule has 2 heteroatoms. The maximum atomic E-state index is 3.34. The minimum atomic E-state index is 0.764. The predicted molar refractivity (Wildman–Crippen MR) is 67.2 cm³/mol. The van der Waals surface area contributed by atoms with E-state index in [2.05, 4.69) is 31.1 Å². The summed E-state index contributed by atoms with van der Waals surface area (Å²) in [5.74, 6) is 1.02. The summed E-state index contributed by atoms with van der Waals surface area (Å²) in [5.41, 5.74) is 0. The molecule has 0 aromatic rings. The Kier molecular flexibility index (Phi) is 6.26. The zero-order chi connectivity index (χ0) is 11.1. The summed E-state index contributed by atoms with van der Waals surface area (Å²) in [6.45, 7) is 8.37. The van der Waals surface area contributed by atoms with Gasteiger partial charge in [-0.25, -0.2) is 0 Å². The molecule has 0 aliphatic heterocycles. The van der Waals surface area contributed by atoms with Crippen molar-refractivity contribution in [3.63, 3.8) is 0 Å². The predicted octanol–water partition coefficient (Wildman–Crippen LogP) is 2.50. The fourth-order valence-electron chi connectivity index (χ4n) is 2.32. The number of hydrogen-bond donors (Lipinski definition) is 1. The van der Waals surface area contributed by atoms with Crippen LogP contribution in [0, 0.1) is 5.92 Å². The first-order chi connectivity index (χ1) is 7.31. The lowest BCUT2D eigenvalue weighted by Crippen LogP contribution is -2.43. The van der Waals surface area contributed by atoms with Gasteiger partial charge >= 0.3 is 0 Å². The molecule has 1 N–H and O–H groups in total.